The minimum Gasteiger partial charge on any atom is -0.486 e. The highest BCUT2D eigenvalue weighted by atomic mass is 35.5. The highest BCUT2D eigenvalue weighted by molar-refractivity contribution is 6.32. The molecule has 0 fully saturated rings. The summed E-state index contributed by atoms with van der Waals surface area (Å²) >= 11 is 6.23. The predicted molar refractivity (Wildman–Crippen MR) is 70.4 cm³/mol. The van der Waals surface area contributed by atoms with Gasteiger partial charge in [0.05, 0.1) is 11.6 Å². The lowest BCUT2D eigenvalue weighted by Crippen LogP contribution is -2.18. The Morgan fingerprint density at radius 3 is 2.61 bits per heavy atom. The third-order valence-corrected chi connectivity index (χ3v) is 3.24. The normalized spacial score (nSPS) is 14.1. The molecule has 0 aliphatic carbocycles. The first-order valence-electron chi connectivity index (χ1n) is 6.07. The molecule has 5 heteroatoms. The minimum atomic E-state index is 0.325. The maximum absolute atomic E-state index is 6.23. The monoisotopic (exact) mass is 271 g/mol. The zero-order valence-corrected chi connectivity index (χ0v) is 11.4. The van der Waals surface area contributed by atoms with Crippen molar-refractivity contribution in [3.63, 3.8) is 0 Å². The molecule has 4 nitrogen and oxygen atoms in total. The molecular weight excluding hydrogens is 254 g/mol. The average Bonchev–Trinajstić information content (AvgIpc) is 2.36. The molecule has 2 N–H and O–H groups in total. The van der Waals surface area contributed by atoms with Gasteiger partial charge < -0.3 is 14.3 Å². The highest BCUT2D eigenvalue weighted by Gasteiger charge is 2.24. The van der Waals surface area contributed by atoms with E-state index in [1.165, 1.54) is 0 Å². The van der Waals surface area contributed by atoms with Crippen LogP contribution in [-0.2, 0) is 11.3 Å². The van der Waals surface area contributed by atoms with Crippen LogP contribution in [0.5, 0.6) is 11.5 Å². The van der Waals surface area contributed by atoms with Crippen molar-refractivity contribution >= 4 is 11.6 Å². The number of rotatable bonds is 4. The van der Waals surface area contributed by atoms with E-state index >= 15 is 0 Å². The van der Waals surface area contributed by atoms with Gasteiger partial charge in [-0.3, -0.25) is 0 Å². The lowest BCUT2D eigenvalue weighted by atomic mass is 9.93. The fourth-order valence-electron chi connectivity index (χ4n) is 2.25. The van der Waals surface area contributed by atoms with Crippen molar-refractivity contribution in [2.45, 2.75) is 26.2 Å². The summed E-state index contributed by atoms with van der Waals surface area (Å²) in [6.07, 6.45) is 0.709. The van der Waals surface area contributed by atoms with Crippen molar-refractivity contribution in [3.05, 3.63) is 22.2 Å². The smallest absolute Gasteiger partial charge is 0.180 e. The SMILES string of the molecule is CC(C)c1c(CCON)cc(Cl)c2c1OCCO2. The highest BCUT2D eigenvalue weighted by Crippen LogP contribution is 2.45. The number of fused-ring (bicyclic) bond motifs is 1. The van der Waals surface area contributed by atoms with Gasteiger partial charge in [-0.25, -0.2) is 5.90 Å². The van der Waals surface area contributed by atoms with Crippen molar-refractivity contribution in [2.24, 2.45) is 5.90 Å². The molecule has 1 aromatic carbocycles. The molecule has 1 aliphatic rings. The number of hydrogen-bond donors (Lipinski definition) is 1. The first-order valence-corrected chi connectivity index (χ1v) is 6.45. The molecule has 0 saturated heterocycles. The Kier molecular flexibility index (Phi) is 4.32. The molecule has 1 aromatic rings. The van der Waals surface area contributed by atoms with E-state index in [1.54, 1.807) is 0 Å². The fourth-order valence-corrected chi connectivity index (χ4v) is 2.52. The molecule has 0 radical (unpaired) electrons. The molecule has 0 aromatic heterocycles. The van der Waals surface area contributed by atoms with Crippen LogP contribution in [0.2, 0.25) is 5.02 Å². The van der Waals surface area contributed by atoms with Crippen LogP contribution in [0.25, 0.3) is 0 Å². The van der Waals surface area contributed by atoms with Gasteiger partial charge in [0.2, 0.25) is 0 Å². The van der Waals surface area contributed by atoms with E-state index in [0.29, 0.717) is 42.9 Å². The van der Waals surface area contributed by atoms with E-state index in [4.69, 9.17) is 27.0 Å². The Morgan fingerprint density at radius 1 is 1.33 bits per heavy atom. The van der Waals surface area contributed by atoms with E-state index in [2.05, 4.69) is 18.7 Å². The van der Waals surface area contributed by atoms with Crippen LogP contribution >= 0.6 is 11.6 Å². The molecule has 0 saturated carbocycles. The topological polar surface area (TPSA) is 53.7 Å². The molecule has 1 heterocycles. The van der Waals surface area contributed by atoms with Crippen molar-refractivity contribution in [1.82, 2.24) is 0 Å². The Balaban J connectivity index is 2.49. The predicted octanol–water partition coefficient (Wildman–Crippen LogP) is 2.67. The van der Waals surface area contributed by atoms with Gasteiger partial charge in [0.15, 0.2) is 11.5 Å². The first-order chi connectivity index (χ1) is 8.65. The van der Waals surface area contributed by atoms with Gasteiger partial charge in [-0.15, -0.1) is 0 Å². The van der Waals surface area contributed by atoms with E-state index in [0.717, 1.165) is 16.9 Å². The summed E-state index contributed by atoms with van der Waals surface area (Å²) < 4.78 is 11.3. The second kappa shape index (κ2) is 5.78. The quantitative estimate of drug-likeness (QED) is 0.856. The van der Waals surface area contributed by atoms with Crippen LogP contribution in [0.3, 0.4) is 0 Å². The Morgan fingerprint density at radius 2 is 2.00 bits per heavy atom. The van der Waals surface area contributed by atoms with E-state index < -0.39 is 0 Å². The Bertz CT molecular complexity index is 435. The van der Waals surface area contributed by atoms with E-state index in [1.807, 2.05) is 6.07 Å². The number of ether oxygens (including phenoxy) is 2. The molecular formula is C13H18ClNO3. The molecule has 100 valence electrons. The summed E-state index contributed by atoms with van der Waals surface area (Å²) in [7, 11) is 0. The van der Waals surface area contributed by atoms with Gasteiger partial charge in [0, 0.05) is 5.56 Å². The van der Waals surface area contributed by atoms with Crippen LogP contribution < -0.4 is 15.4 Å². The summed E-state index contributed by atoms with van der Waals surface area (Å²) in [6, 6.07) is 1.92. The zero-order chi connectivity index (χ0) is 13.1. The number of halogens is 1. The van der Waals surface area contributed by atoms with Crippen LogP contribution in [0, 0.1) is 0 Å². The average molecular weight is 272 g/mol. The van der Waals surface area contributed by atoms with Crippen LogP contribution in [0.1, 0.15) is 30.9 Å². The standard InChI is InChI=1S/C13H18ClNO3/c1-8(2)11-9(3-4-18-15)7-10(14)12-13(11)17-6-5-16-12/h7-8H,3-6,15H2,1-2H3. The zero-order valence-electron chi connectivity index (χ0n) is 10.7. The Labute approximate surface area is 112 Å². The van der Waals surface area contributed by atoms with Crippen molar-refractivity contribution in [2.75, 3.05) is 19.8 Å². The van der Waals surface area contributed by atoms with E-state index in [9.17, 15) is 0 Å². The molecule has 18 heavy (non-hydrogen) atoms. The van der Waals surface area contributed by atoms with Crippen molar-refractivity contribution in [3.8, 4) is 11.5 Å². The van der Waals surface area contributed by atoms with Gasteiger partial charge in [-0.1, -0.05) is 25.4 Å². The first kappa shape index (κ1) is 13.5. The summed E-state index contributed by atoms with van der Waals surface area (Å²) in [5, 5.41) is 0.584. The van der Waals surface area contributed by atoms with Crippen LogP contribution in [0.4, 0.5) is 0 Å². The molecule has 2 rings (SSSR count). The van der Waals surface area contributed by atoms with Crippen LogP contribution in [0.15, 0.2) is 6.07 Å². The molecule has 0 amide bonds. The van der Waals surface area contributed by atoms with Crippen molar-refractivity contribution < 1.29 is 14.3 Å². The lowest BCUT2D eigenvalue weighted by Gasteiger charge is -2.26. The minimum absolute atomic E-state index is 0.325. The Hall–Kier alpha value is -0.970. The number of hydrogen-bond acceptors (Lipinski definition) is 4. The van der Waals surface area contributed by atoms with Gasteiger partial charge in [0.25, 0.3) is 0 Å². The molecule has 0 spiro atoms. The maximum Gasteiger partial charge on any atom is 0.180 e. The van der Waals surface area contributed by atoms with Gasteiger partial charge in [-0.2, -0.15) is 0 Å². The molecule has 1 aliphatic heterocycles. The number of benzene rings is 1. The lowest BCUT2D eigenvalue weighted by molar-refractivity contribution is 0.140. The molecule has 0 atom stereocenters. The molecule has 0 bridgehead atoms. The van der Waals surface area contributed by atoms with Gasteiger partial charge in [-0.05, 0) is 24.0 Å². The number of nitrogens with two attached hydrogens (primary N) is 1. The summed E-state index contributed by atoms with van der Waals surface area (Å²) in [5.41, 5.74) is 2.23. The van der Waals surface area contributed by atoms with E-state index in [-0.39, 0.29) is 0 Å². The van der Waals surface area contributed by atoms with Crippen molar-refractivity contribution in [1.29, 1.82) is 0 Å². The summed E-state index contributed by atoms with van der Waals surface area (Å²) in [4.78, 5) is 4.65. The second-order valence-electron chi connectivity index (χ2n) is 4.56. The summed E-state index contributed by atoms with van der Waals surface area (Å²) in [6.45, 7) is 5.79. The van der Waals surface area contributed by atoms with Crippen LogP contribution in [-0.4, -0.2) is 19.8 Å². The fraction of sp³-hybridized carbons (Fsp3) is 0.538. The third-order valence-electron chi connectivity index (χ3n) is 2.96. The van der Waals surface area contributed by atoms with Gasteiger partial charge in [0.1, 0.15) is 13.2 Å². The van der Waals surface area contributed by atoms with Gasteiger partial charge >= 0.3 is 0 Å². The molecule has 0 unspecified atom stereocenters. The largest absolute Gasteiger partial charge is 0.486 e. The summed E-state index contributed by atoms with van der Waals surface area (Å²) in [5.74, 6) is 6.84. The third kappa shape index (κ3) is 2.55. The second-order valence-corrected chi connectivity index (χ2v) is 4.97. The maximum atomic E-state index is 6.23.